The highest BCUT2D eigenvalue weighted by Gasteiger charge is 2.23. The van der Waals surface area contributed by atoms with E-state index in [-0.39, 0.29) is 0 Å². The van der Waals surface area contributed by atoms with Crippen LogP contribution in [-0.4, -0.2) is 18.1 Å². The highest BCUT2D eigenvalue weighted by atomic mass is 15.0. The van der Waals surface area contributed by atoms with Gasteiger partial charge in [0, 0.05) is 70.9 Å². The second kappa shape index (κ2) is 10.9. The molecule has 58 heavy (non-hydrogen) atoms. The second-order valence-corrected chi connectivity index (χ2v) is 15.7. The van der Waals surface area contributed by atoms with E-state index >= 15 is 0 Å². The van der Waals surface area contributed by atoms with Crippen LogP contribution in [0.2, 0.25) is 0 Å². The van der Waals surface area contributed by atoms with Crippen molar-refractivity contribution < 1.29 is 0 Å². The maximum Gasteiger partial charge on any atom is 0.0620 e. The van der Waals surface area contributed by atoms with E-state index in [1.54, 1.807) is 0 Å². The molecule has 5 heterocycles. The van der Waals surface area contributed by atoms with Crippen LogP contribution in [0.3, 0.4) is 0 Å². The summed E-state index contributed by atoms with van der Waals surface area (Å²) in [6.45, 7) is 0. The molecule has 0 unspecified atom stereocenters. The molecule has 0 bridgehead atoms. The third kappa shape index (κ3) is 3.75. The summed E-state index contributed by atoms with van der Waals surface area (Å²) in [5, 5.41) is 12.7. The largest absolute Gasteiger partial charge is 0.309 e. The molecule has 0 N–H and O–H groups in total. The van der Waals surface area contributed by atoms with E-state index < -0.39 is 0 Å². The van der Waals surface area contributed by atoms with Gasteiger partial charge < -0.3 is 18.1 Å². The van der Waals surface area contributed by atoms with Crippen LogP contribution in [-0.2, 0) is 0 Å². The molecule has 0 saturated heterocycles. The van der Waals surface area contributed by atoms with Crippen molar-refractivity contribution in [2.75, 3.05) is 0 Å². The zero-order chi connectivity index (χ0) is 37.6. The maximum atomic E-state index is 2.48. The van der Waals surface area contributed by atoms with Gasteiger partial charge in [-0.15, -0.1) is 0 Å². The van der Waals surface area contributed by atoms with Crippen LogP contribution in [0, 0.1) is 0 Å². The van der Waals surface area contributed by atoms with E-state index in [4.69, 9.17) is 0 Å². The standard InChI is InChI=1S/C54H32N4/c1-2-13-33(14-3-1)55-44-21-8-5-16-37(44)43-31-34(26-28-48(43)55)56-46-23-10-6-17-41(46)52-49(56)29-30-50-53(52)42-18-7-11-24-47(42)57(50)35-25-27-38-40-20-12-19-39-36-15-4-9-22-45(36)58(54(39)40)51(38)32-35/h1-32H. The van der Waals surface area contributed by atoms with Crippen molar-refractivity contribution in [1.82, 2.24) is 18.1 Å². The van der Waals surface area contributed by atoms with Gasteiger partial charge in [-0.25, -0.2) is 0 Å². The smallest absolute Gasteiger partial charge is 0.0620 e. The molecule has 0 aliphatic rings. The zero-order valence-corrected chi connectivity index (χ0v) is 31.3. The SMILES string of the molecule is c1ccc(-n2c3ccccc3c3cc(-n4c5ccccc5c5c6c7ccccc7n(-c7ccc8c9cccc%10c%11ccccc%11n(c8c7)c%109)c6ccc54)ccc32)cc1. The number of aromatic nitrogens is 4. The fourth-order valence-corrected chi connectivity index (χ4v) is 10.6. The fourth-order valence-electron chi connectivity index (χ4n) is 10.6. The topological polar surface area (TPSA) is 19.2 Å². The molecule has 0 atom stereocenters. The van der Waals surface area contributed by atoms with Crippen LogP contribution in [0.15, 0.2) is 194 Å². The Balaban J connectivity index is 1.05. The molecule has 9 aromatic carbocycles. The van der Waals surface area contributed by atoms with Crippen molar-refractivity contribution >= 4 is 104 Å². The van der Waals surface area contributed by atoms with E-state index in [0.29, 0.717) is 0 Å². The Hall–Kier alpha value is -7.82. The summed E-state index contributed by atoms with van der Waals surface area (Å²) >= 11 is 0. The lowest BCUT2D eigenvalue weighted by Crippen LogP contribution is -1.96. The summed E-state index contributed by atoms with van der Waals surface area (Å²) in [6, 6.07) is 71.6. The van der Waals surface area contributed by atoms with Gasteiger partial charge in [-0.3, -0.25) is 0 Å². The molecule has 0 fully saturated rings. The lowest BCUT2D eigenvalue weighted by molar-refractivity contribution is 1.16. The number of fused-ring (bicyclic) bond motifs is 16. The minimum Gasteiger partial charge on any atom is -0.309 e. The highest BCUT2D eigenvalue weighted by molar-refractivity contribution is 6.29. The number of hydrogen-bond acceptors (Lipinski definition) is 0. The number of nitrogens with zero attached hydrogens (tertiary/aromatic N) is 4. The molecule has 14 aromatic rings. The van der Waals surface area contributed by atoms with Gasteiger partial charge in [0.2, 0.25) is 0 Å². The number of rotatable bonds is 3. The van der Waals surface area contributed by atoms with Crippen molar-refractivity contribution in [3.63, 3.8) is 0 Å². The van der Waals surface area contributed by atoms with Crippen LogP contribution in [0.25, 0.3) is 121 Å². The van der Waals surface area contributed by atoms with Gasteiger partial charge in [-0.2, -0.15) is 0 Å². The number of benzene rings is 9. The van der Waals surface area contributed by atoms with E-state index in [1.807, 2.05) is 0 Å². The molecule has 0 aliphatic heterocycles. The van der Waals surface area contributed by atoms with Gasteiger partial charge in [0.1, 0.15) is 0 Å². The number of para-hydroxylation sites is 6. The van der Waals surface area contributed by atoms with Crippen LogP contribution >= 0.6 is 0 Å². The molecule has 0 radical (unpaired) electrons. The Kier molecular flexibility index (Phi) is 5.73. The first-order chi connectivity index (χ1) is 28.8. The van der Waals surface area contributed by atoms with Gasteiger partial charge in [0.15, 0.2) is 0 Å². The minimum atomic E-state index is 1.15. The first-order valence-electron chi connectivity index (χ1n) is 20.0. The van der Waals surface area contributed by atoms with Crippen LogP contribution in [0.4, 0.5) is 0 Å². The molecular formula is C54H32N4. The molecule has 0 spiro atoms. The summed E-state index contributed by atoms with van der Waals surface area (Å²) in [5.74, 6) is 0. The third-order valence-corrected chi connectivity index (χ3v) is 12.9. The maximum absolute atomic E-state index is 2.48. The van der Waals surface area contributed by atoms with Crippen molar-refractivity contribution in [3.05, 3.63) is 194 Å². The molecule has 5 aromatic heterocycles. The van der Waals surface area contributed by atoms with Gasteiger partial charge in [0.05, 0.1) is 49.7 Å². The Bertz CT molecular complexity index is 4020. The van der Waals surface area contributed by atoms with Gasteiger partial charge in [-0.05, 0) is 78.9 Å². The molecule has 0 aliphatic carbocycles. The van der Waals surface area contributed by atoms with Crippen molar-refractivity contribution in [1.29, 1.82) is 0 Å². The Morgan fingerprint density at radius 1 is 0.224 bits per heavy atom. The average Bonchev–Trinajstić information content (AvgIpc) is 4.07. The first kappa shape index (κ1) is 30.4. The summed E-state index contributed by atoms with van der Waals surface area (Å²) < 4.78 is 9.82. The van der Waals surface area contributed by atoms with Gasteiger partial charge >= 0.3 is 0 Å². The second-order valence-electron chi connectivity index (χ2n) is 15.7. The van der Waals surface area contributed by atoms with E-state index in [1.165, 1.54) is 109 Å². The van der Waals surface area contributed by atoms with E-state index in [0.717, 1.165) is 11.4 Å². The Morgan fingerprint density at radius 2 is 0.655 bits per heavy atom. The lowest BCUT2D eigenvalue weighted by atomic mass is 10.1. The summed E-state index contributed by atoms with van der Waals surface area (Å²) in [6.07, 6.45) is 0. The molecule has 268 valence electrons. The first-order valence-corrected chi connectivity index (χ1v) is 20.0. The monoisotopic (exact) mass is 736 g/mol. The predicted molar refractivity (Wildman–Crippen MR) is 244 cm³/mol. The average molecular weight is 737 g/mol. The quantitative estimate of drug-likeness (QED) is 0.172. The highest BCUT2D eigenvalue weighted by Crippen LogP contribution is 2.45. The Morgan fingerprint density at radius 3 is 1.31 bits per heavy atom. The van der Waals surface area contributed by atoms with Gasteiger partial charge in [0.25, 0.3) is 0 Å². The molecule has 0 saturated carbocycles. The van der Waals surface area contributed by atoms with Crippen molar-refractivity contribution in [2.24, 2.45) is 0 Å². The summed E-state index contributed by atoms with van der Waals surface area (Å²) in [4.78, 5) is 0. The zero-order valence-electron chi connectivity index (χ0n) is 31.3. The number of hydrogen-bond donors (Lipinski definition) is 0. The van der Waals surface area contributed by atoms with Crippen molar-refractivity contribution in [3.8, 4) is 17.1 Å². The summed E-state index contributed by atoms with van der Waals surface area (Å²) in [5.41, 5.74) is 14.5. The lowest BCUT2D eigenvalue weighted by Gasteiger charge is -2.11. The molecule has 0 amide bonds. The van der Waals surface area contributed by atoms with Crippen molar-refractivity contribution in [2.45, 2.75) is 0 Å². The summed E-state index contributed by atoms with van der Waals surface area (Å²) in [7, 11) is 0. The molecule has 4 nitrogen and oxygen atoms in total. The van der Waals surface area contributed by atoms with E-state index in [9.17, 15) is 0 Å². The fraction of sp³-hybridized carbons (Fsp3) is 0. The molecule has 4 heteroatoms. The predicted octanol–water partition coefficient (Wildman–Crippen LogP) is 14.1. The normalized spacial score (nSPS) is 12.5. The van der Waals surface area contributed by atoms with E-state index in [2.05, 4.69) is 212 Å². The van der Waals surface area contributed by atoms with Crippen LogP contribution in [0.1, 0.15) is 0 Å². The third-order valence-electron chi connectivity index (χ3n) is 12.9. The molecule has 14 rings (SSSR count). The Labute approximate surface area is 331 Å². The van der Waals surface area contributed by atoms with Crippen LogP contribution < -0.4 is 0 Å². The van der Waals surface area contributed by atoms with Crippen LogP contribution in [0.5, 0.6) is 0 Å². The molecular weight excluding hydrogens is 705 g/mol. The minimum absolute atomic E-state index is 1.15. The van der Waals surface area contributed by atoms with Gasteiger partial charge in [-0.1, -0.05) is 115 Å².